The van der Waals surface area contributed by atoms with Gasteiger partial charge in [-0.1, -0.05) is 24.3 Å². The van der Waals surface area contributed by atoms with E-state index in [0.717, 1.165) is 21.5 Å². The second-order valence-corrected chi connectivity index (χ2v) is 9.46. The van der Waals surface area contributed by atoms with Crippen LogP contribution in [0.4, 0.5) is 5.13 Å². The third kappa shape index (κ3) is 4.40. The minimum atomic E-state index is -0.0561. The summed E-state index contributed by atoms with van der Waals surface area (Å²) in [5.41, 5.74) is 4.98. The van der Waals surface area contributed by atoms with Gasteiger partial charge in [-0.3, -0.25) is 14.7 Å². The molecule has 0 atom stereocenters. The Kier molecular flexibility index (Phi) is 6.16. The summed E-state index contributed by atoms with van der Waals surface area (Å²) in [6, 6.07) is 15.9. The van der Waals surface area contributed by atoms with Crippen molar-refractivity contribution in [1.29, 1.82) is 0 Å². The molecule has 2 heterocycles. The average molecular weight is 434 g/mol. The largest absolute Gasteiger partial charge is 0.279 e. The molecule has 0 bridgehead atoms. The molecule has 4 aromatic rings. The number of pyridine rings is 1. The monoisotopic (exact) mass is 433 g/mol. The Labute approximate surface area is 185 Å². The molecule has 4 rings (SSSR count). The maximum atomic E-state index is 13.5. The molecule has 0 spiro atoms. The van der Waals surface area contributed by atoms with Gasteiger partial charge in [0, 0.05) is 22.9 Å². The number of anilines is 1. The van der Waals surface area contributed by atoms with E-state index in [1.165, 1.54) is 16.0 Å². The fourth-order valence-corrected chi connectivity index (χ4v) is 4.91. The van der Waals surface area contributed by atoms with Gasteiger partial charge < -0.3 is 0 Å². The summed E-state index contributed by atoms with van der Waals surface area (Å²) in [6.07, 6.45) is 3.53. The lowest BCUT2D eigenvalue weighted by atomic mass is 10.1. The number of thiazole rings is 1. The quantitative estimate of drug-likeness (QED) is 0.336. The lowest BCUT2D eigenvalue weighted by Crippen LogP contribution is -2.30. The second kappa shape index (κ2) is 8.98. The van der Waals surface area contributed by atoms with Crippen LogP contribution in [0.3, 0.4) is 0 Å². The highest BCUT2D eigenvalue weighted by atomic mass is 32.2. The first-order chi connectivity index (χ1) is 14.5. The number of hydrogen-bond donors (Lipinski definition) is 0. The molecule has 0 radical (unpaired) electrons. The summed E-state index contributed by atoms with van der Waals surface area (Å²) < 4.78 is 1.09. The van der Waals surface area contributed by atoms with E-state index in [1.807, 2.05) is 36.4 Å². The minimum Gasteiger partial charge on any atom is -0.279 e. The minimum absolute atomic E-state index is 0.0561. The van der Waals surface area contributed by atoms with Gasteiger partial charge in [-0.2, -0.15) is 0 Å². The van der Waals surface area contributed by atoms with Crippen LogP contribution in [-0.4, -0.2) is 21.6 Å². The van der Waals surface area contributed by atoms with Crippen molar-refractivity contribution in [3.63, 3.8) is 0 Å². The van der Waals surface area contributed by atoms with Gasteiger partial charge in [0.1, 0.15) is 0 Å². The zero-order valence-corrected chi connectivity index (χ0v) is 18.9. The zero-order valence-electron chi connectivity index (χ0n) is 17.3. The van der Waals surface area contributed by atoms with Gasteiger partial charge in [-0.05, 0) is 78.8 Å². The number of hydrogen-bond acceptors (Lipinski definition) is 5. The van der Waals surface area contributed by atoms with Gasteiger partial charge in [0.15, 0.2) is 5.13 Å². The van der Waals surface area contributed by atoms with Crippen LogP contribution in [0.1, 0.15) is 34.0 Å². The van der Waals surface area contributed by atoms with Crippen molar-refractivity contribution in [2.75, 3.05) is 10.7 Å². The van der Waals surface area contributed by atoms with Gasteiger partial charge in [0.25, 0.3) is 5.91 Å². The standard InChI is InChI=1S/C24H23N3OS2/c1-4-29-20-9-7-19(8-10-20)23(28)27(15-18-6-5-11-25-14-18)24-26-21-12-16(2)17(3)13-22(21)30-24/h5-14H,4,15H2,1-3H3. The van der Waals surface area contributed by atoms with Crippen molar-refractivity contribution in [2.45, 2.75) is 32.2 Å². The topological polar surface area (TPSA) is 46.1 Å². The molecule has 0 aliphatic carbocycles. The first-order valence-corrected chi connectivity index (χ1v) is 11.7. The van der Waals surface area contributed by atoms with Crippen molar-refractivity contribution in [3.8, 4) is 0 Å². The van der Waals surface area contributed by atoms with E-state index in [2.05, 4.69) is 37.9 Å². The summed E-state index contributed by atoms with van der Waals surface area (Å²) in [5, 5.41) is 0.705. The summed E-state index contributed by atoms with van der Waals surface area (Å²) in [7, 11) is 0. The summed E-state index contributed by atoms with van der Waals surface area (Å²) in [4.78, 5) is 25.4. The number of rotatable bonds is 6. The van der Waals surface area contributed by atoms with E-state index in [-0.39, 0.29) is 5.91 Å². The molecule has 0 saturated carbocycles. The number of thioether (sulfide) groups is 1. The maximum absolute atomic E-state index is 13.5. The SMILES string of the molecule is CCSc1ccc(C(=O)N(Cc2cccnc2)c2nc3cc(C)c(C)cc3s2)cc1. The molecule has 0 unspecified atom stereocenters. The van der Waals surface area contributed by atoms with Crippen LogP contribution in [0.2, 0.25) is 0 Å². The highest BCUT2D eigenvalue weighted by Crippen LogP contribution is 2.32. The molecule has 2 aromatic heterocycles. The normalized spacial score (nSPS) is 11.0. The van der Waals surface area contributed by atoms with Gasteiger partial charge in [0.2, 0.25) is 0 Å². The number of benzene rings is 2. The van der Waals surface area contributed by atoms with Crippen molar-refractivity contribution < 1.29 is 4.79 Å². The van der Waals surface area contributed by atoms with E-state index in [4.69, 9.17) is 4.98 Å². The maximum Gasteiger partial charge on any atom is 0.260 e. The molecule has 6 heteroatoms. The number of amides is 1. The Hall–Kier alpha value is -2.70. The van der Waals surface area contributed by atoms with Crippen molar-refractivity contribution >= 4 is 44.4 Å². The number of fused-ring (bicyclic) bond motifs is 1. The fourth-order valence-electron chi connectivity index (χ4n) is 3.20. The molecule has 0 fully saturated rings. The Balaban J connectivity index is 1.73. The predicted octanol–water partition coefficient (Wildman–Crippen LogP) is 6.27. The molecule has 152 valence electrons. The Bertz CT molecular complexity index is 1130. The van der Waals surface area contributed by atoms with Crippen LogP contribution in [0.5, 0.6) is 0 Å². The molecule has 2 aromatic carbocycles. The molecule has 0 aliphatic rings. The molecular weight excluding hydrogens is 410 g/mol. The smallest absolute Gasteiger partial charge is 0.260 e. The van der Waals surface area contributed by atoms with Crippen molar-refractivity contribution in [2.24, 2.45) is 0 Å². The van der Waals surface area contributed by atoms with Gasteiger partial charge in [0.05, 0.1) is 16.8 Å². The molecular formula is C24H23N3OS2. The third-order valence-corrected chi connectivity index (χ3v) is 6.88. The lowest BCUT2D eigenvalue weighted by molar-refractivity contribution is 0.0985. The number of nitrogens with zero attached hydrogens (tertiary/aromatic N) is 3. The lowest BCUT2D eigenvalue weighted by Gasteiger charge is -2.20. The molecule has 30 heavy (non-hydrogen) atoms. The van der Waals surface area contributed by atoms with Crippen LogP contribution >= 0.6 is 23.1 Å². The summed E-state index contributed by atoms with van der Waals surface area (Å²) in [6.45, 7) is 6.73. The second-order valence-electron chi connectivity index (χ2n) is 7.11. The van der Waals surface area contributed by atoms with Crippen LogP contribution < -0.4 is 4.90 Å². The number of aryl methyl sites for hydroxylation is 2. The van der Waals surface area contributed by atoms with Gasteiger partial charge in [-0.15, -0.1) is 11.8 Å². The predicted molar refractivity (Wildman–Crippen MR) is 127 cm³/mol. The first kappa shape index (κ1) is 20.6. The van der Waals surface area contributed by atoms with Crippen LogP contribution in [0, 0.1) is 13.8 Å². The Morgan fingerprint density at radius 2 is 1.87 bits per heavy atom. The van der Waals surface area contributed by atoms with Gasteiger partial charge >= 0.3 is 0 Å². The molecule has 0 aliphatic heterocycles. The van der Waals surface area contributed by atoms with E-state index < -0.39 is 0 Å². The van der Waals surface area contributed by atoms with Crippen LogP contribution in [0.25, 0.3) is 10.2 Å². The van der Waals surface area contributed by atoms with Crippen LogP contribution in [-0.2, 0) is 6.54 Å². The average Bonchev–Trinajstić information content (AvgIpc) is 3.15. The number of aromatic nitrogens is 2. The Morgan fingerprint density at radius 1 is 1.10 bits per heavy atom. The number of carbonyl (C=O) groups excluding carboxylic acids is 1. The van der Waals surface area contributed by atoms with Crippen molar-refractivity contribution in [3.05, 3.63) is 83.2 Å². The third-order valence-electron chi connectivity index (χ3n) is 4.94. The highest BCUT2D eigenvalue weighted by Gasteiger charge is 2.22. The van der Waals surface area contributed by atoms with Gasteiger partial charge in [-0.25, -0.2) is 4.98 Å². The molecule has 0 N–H and O–H groups in total. The molecule has 4 nitrogen and oxygen atoms in total. The summed E-state index contributed by atoms with van der Waals surface area (Å²) in [5.74, 6) is 0.949. The summed E-state index contributed by atoms with van der Waals surface area (Å²) >= 11 is 3.32. The number of carbonyl (C=O) groups is 1. The zero-order chi connectivity index (χ0) is 21.1. The van der Waals surface area contributed by atoms with E-state index in [0.29, 0.717) is 17.2 Å². The molecule has 1 amide bonds. The van der Waals surface area contributed by atoms with Crippen LogP contribution in [0.15, 0.2) is 65.8 Å². The van der Waals surface area contributed by atoms with E-state index >= 15 is 0 Å². The molecule has 0 saturated heterocycles. The fraction of sp³-hybridized carbons (Fsp3) is 0.208. The Morgan fingerprint density at radius 3 is 2.57 bits per heavy atom. The first-order valence-electron chi connectivity index (χ1n) is 9.86. The van der Waals surface area contributed by atoms with E-state index in [1.54, 1.807) is 40.4 Å². The van der Waals surface area contributed by atoms with E-state index in [9.17, 15) is 4.79 Å². The van der Waals surface area contributed by atoms with Crippen molar-refractivity contribution in [1.82, 2.24) is 9.97 Å². The highest BCUT2D eigenvalue weighted by molar-refractivity contribution is 7.99.